The highest BCUT2D eigenvalue weighted by Crippen LogP contribution is 2.60. The molecule has 0 amide bonds. The Labute approximate surface area is 271 Å². The molecule has 2 aliphatic rings. The molecule has 0 unspecified atom stereocenters. The van der Waals surface area contributed by atoms with Crippen LogP contribution in [0.2, 0.25) is 36.3 Å². The first-order valence-corrected chi connectivity index (χ1v) is 23.7. The Kier molecular flexibility index (Phi) is 14.6. The van der Waals surface area contributed by atoms with Gasteiger partial charge < -0.3 is 14.6 Å². The van der Waals surface area contributed by atoms with E-state index in [2.05, 4.69) is 101 Å². The molecule has 0 heterocycles. The number of rotatable bonds is 17. The maximum Gasteiger partial charge on any atom is 0.192 e. The molecule has 5 atom stereocenters. The molecule has 252 valence electrons. The van der Waals surface area contributed by atoms with Gasteiger partial charge in [0.15, 0.2) is 16.6 Å². The maximum atomic E-state index is 6.93. The predicted molar refractivity (Wildman–Crippen MR) is 196 cm³/mol. The van der Waals surface area contributed by atoms with Crippen molar-refractivity contribution in [1.29, 1.82) is 0 Å². The topological polar surface area (TPSA) is 44.5 Å². The average Bonchev–Trinajstić information content (AvgIpc) is 3.27. The second kappa shape index (κ2) is 16.1. The Bertz CT molecular complexity index is 905. The smallest absolute Gasteiger partial charge is 0.192 e. The van der Waals surface area contributed by atoms with Crippen molar-refractivity contribution in [3.05, 3.63) is 23.3 Å². The third-order valence-electron chi connectivity index (χ3n) is 12.5. The molecule has 2 aliphatic carbocycles. The third-order valence-corrected chi connectivity index (χ3v) is 21.9. The first-order chi connectivity index (χ1) is 19.9. The molecule has 0 aromatic carbocycles. The fourth-order valence-corrected chi connectivity index (χ4v) is 12.7. The molecule has 43 heavy (non-hydrogen) atoms. The summed E-state index contributed by atoms with van der Waals surface area (Å²) in [7, 11) is -3.26. The monoisotopic (exact) mass is 634 g/mol. The van der Waals surface area contributed by atoms with Crippen molar-refractivity contribution in [2.75, 3.05) is 6.61 Å². The van der Waals surface area contributed by atoms with Gasteiger partial charge in [-0.25, -0.2) is 0 Å². The summed E-state index contributed by atoms with van der Waals surface area (Å²) in [4.78, 5) is 0. The SMILES string of the molecule is CC[Si](CC)(CC)OC(C)(C)CCC[C@@H](C)[C@H]1CC[C@H]2/C(=C/C=C(/C)C[C@@H](N)CCO[Si](C)(C)C(C)(C)C)CCC[C@]12C. The van der Waals surface area contributed by atoms with Gasteiger partial charge in [0, 0.05) is 12.6 Å². The van der Waals surface area contributed by atoms with E-state index in [1.54, 1.807) is 5.57 Å². The molecule has 0 aromatic rings. The van der Waals surface area contributed by atoms with Gasteiger partial charge in [-0.15, -0.1) is 0 Å². The van der Waals surface area contributed by atoms with Gasteiger partial charge in [0.1, 0.15) is 0 Å². The molecule has 0 saturated heterocycles. The Morgan fingerprint density at radius 2 is 1.67 bits per heavy atom. The number of fused-ring (bicyclic) bond motifs is 1. The lowest BCUT2D eigenvalue weighted by Crippen LogP contribution is -2.44. The van der Waals surface area contributed by atoms with Crippen molar-refractivity contribution < 1.29 is 8.85 Å². The van der Waals surface area contributed by atoms with Crippen LogP contribution in [0.4, 0.5) is 0 Å². The number of hydrogen-bond donors (Lipinski definition) is 1. The maximum absolute atomic E-state index is 6.93. The lowest BCUT2D eigenvalue weighted by atomic mass is 9.60. The molecule has 2 fully saturated rings. The predicted octanol–water partition coefficient (Wildman–Crippen LogP) is 11.8. The van der Waals surface area contributed by atoms with Crippen LogP contribution in [0.25, 0.3) is 0 Å². The largest absolute Gasteiger partial charge is 0.417 e. The van der Waals surface area contributed by atoms with Crippen molar-refractivity contribution in [2.24, 2.45) is 28.9 Å². The van der Waals surface area contributed by atoms with Crippen LogP contribution in [0, 0.1) is 23.2 Å². The summed E-state index contributed by atoms with van der Waals surface area (Å²) in [5.74, 6) is 2.40. The molecule has 2 N–H and O–H groups in total. The summed E-state index contributed by atoms with van der Waals surface area (Å²) in [6.45, 7) is 31.6. The van der Waals surface area contributed by atoms with Gasteiger partial charge in [0.25, 0.3) is 0 Å². The normalized spacial score (nSPS) is 26.6. The van der Waals surface area contributed by atoms with E-state index in [-0.39, 0.29) is 16.7 Å². The lowest BCUT2D eigenvalue weighted by molar-refractivity contribution is 0.0704. The molecule has 5 heteroatoms. The fourth-order valence-electron chi connectivity index (χ4n) is 8.38. The number of allylic oxidation sites excluding steroid dienone is 3. The average molecular weight is 634 g/mol. The highest BCUT2D eigenvalue weighted by molar-refractivity contribution is 6.74. The van der Waals surface area contributed by atoms with Crippen LogP contribution < -0.4 is 5.73 Å². The Balaban J connectivity index is 1.93. The van der Waals surface area contributed by atoms with Gasteiger partial charge in [0.2, 0.25) is 0 Å². The van der Waals surface area contributed by atoms with Crippen molar-refractivity contribution in [2.45, 2.75) is 188 Å². The van der Waals surface area contributed by atoms with Gasteiger partial charge in [-0.1, -0.05) is 91.5 Å². The van der Waals surface area contributed by atoms with E-state index in [1.165, 1.54) is 75.1 Å². The highest BCUT2D eigenvalue weighted by atomic mass is 28.4. The summed E-state index contributed by atoms with van der Waals surface area (Å²) >= 11 is 0. The van der Waals surface area contributed by atoms with Crippen LogP contribution in [-0.2, 0) is 8.85 Å². The summed E-state index contributed by atoms with van der Waals surface area (Å²) in [6.07, 6.45) is 17.4. The lowest BCUT2D eigenvalue weighted by Gasteiger charge is -2.44. The molecular weight excluding hydrogens is 559 g/mol. The third kappa shape index (κ3) is 10.7. The van der Waals surface area contributed by atoms with E-state index in [0.29, 0.717) is 5.41 Å². The van der Waals surface area contributed by atoms with Gasteiger partial charge in [-0.2, -0.15) is 0 Å². The first kappa shape index (κ1) is 39.0. The molecule has 0 aromatic heterocycles. The van der Waals surface area contributed by atoms with Crippen LogP contribution in [0.15, 0.2) is 23.3 Å². The van der Waals surface area contributed by atoms with Crippen molar-refractivity contribution >= 4 is 16.6 Å². The van der Waals surface area contributed by atoms with Crippen LogP contribution in [0.5, 0.6) is 0 Å². The van der Waals surface area contributed by atoms with Crippen LogP contribution in [-0.4, -0.2) is 34.9 Å². The van der Waals surface area contributed by atoms with Gasteiger partial charge in [-0.3, -0.25) is 0 Å². The van der Waals surface area contributed by atoms with Crippen molar-refractivity contribution in [1.82, 2.24) is 0 Å². The Morgan fingerprint density at radius 3 is 2.26 bits per heavy atom. The van der Waals surface area contributed by atoms with E-state index >= 15 is 0 Å². The summed E-state index contributed by atoms with van der Waals surface area (Å²) < 4.78 is 13.3. The van der Waals surface area contributed by atoms with Crippen molar-refractivity contribution in [3.63, 3.8) is 0 Å². The molecule has 2 rings (SSSR count). The van der Waals surface area contributed by atoms with E-state index in [0.717, 1.165) is 37.2 Å². The van der Waals surface area contributed by atoms with E-state index in [9.17, 15) is 0 Å². The zero-order chi connectivity index (χ0) is 32.7. The minimum Gasteiger partial charge on any atom is -0.417 e. The minimum atomic E-state index is -1.70. The van der Waals surface area contributed by atoms with E-state index in [4.69, 9.17) is 14.6 Å². The molecule has 2 saturated carbocycles. The van der Waals surface area contributed by atoms with Crippen LogP contribution >= 0.6 is 0 Å². The molecule has 0 spiro atoms. The van der Waals surface area contributed by atoms with Crippen LogP contribution in [0.1, 0.15) is 140 Å². The summed E-state index contributed by atoms with van der Waals surface area (Å²) in [5.41, 5.74) is 10.2. The number of nitrogens with two attached hydrogens (primary N) is 1. The van der Waals surface area contributed by atoms with Gasteiger partial charge in [-0.05, 0) is 132 Å². The second-order valence-corrected chi connectivity index (χ2v) is 26.7. The molecular formula is C38H75NO2Si2. The van der Waals surface area contributed by atoms with Crippen LogP contribution in [0.3, 0.4) is 0 Å². The molecule has 0 radical (unpaired) electrons. The van der Waals surface area contributed by atoms with Gasteiger partial charge in [0.05, 0.1) is 5.60 Å². The molecule has 0 aliphatic heterocycles. The van der Waals surface area contributed by atoms with E-state index in [1.807, 2.05) is 0 Å². The van der Waals surface area contributed by atoms with Crippen molar-refractivity contribution in [3.8, 4) is 0 Å². The molecule has 3 nitrogen and oxygen atoms in total. The zero-order valence-corrected chi connectivity index (χ0v) is 33.3. The standard InChI is InChI=1S/C38H75NO2Si2/c1-14-43(15-2,16-3)41-37(9,10)26-17-19-31(5)34-23-24-35-32(20-18-27-38(34,35)11)22-21-30(4)29-33(39)25-28-40-42(12,13)36(6,7)8/h21-22,31,33-35H,14-20,23-29,39H2,1-13H3/b30-21-,32-22+/t31-,33+,34-,35+,38-/m1/s1. The highest BCUT2D eigenvalue weighted by Gasteiger charge is 2.50. The fraction of sp³-hybridized carbons (Fsp3) is 0.895. The molecule has 0 bridgehead atoms. The first-order valence-electron chi connectivity index (χ1n) is 18.3. The van der Waals surface area contributed by atoms with E-state index < -0.39 is 16.6 Å². The zero-order valence-electron chi connectivity index (χ0n) is 31.3. The number of hydrogen-bond acceptors (Lipinski definition) is 3. The van der Waals surface area contributed by atoms with Gasteiger partial charge >= 0.3 is 0 Å². The summed E-state index contributed by atoms with van der Waals surface area (Å²) in [5, 5.41) is 0.253. The Morgan fingerprint density at radius 1 is 1.05 bits per heavy atom. The minimum absolute atomic E-state index is 0.0152. The second-order valence-electron chi connectivity index (χ2n) is 17.2. The quantitative estimate of drug-likeness (QED) is 0.162. The Hall–Kier alpha value is -0.206. The summed E-state index contributed by atoms with van der Waals surface area (Å²) in [6, 6.07) is 3.90.